The highest BCUT2D eigenvalue weighted by Gasteiger charge is 2.11. The third kappa shape index (κ3) is 3.73. The minimum absolute atomic E-state index is 0.511. The van der Waals surface area contributed by atoms with E-state index in [1.54, 1.807) is 7.11 Å². The zero-order valence-electron chi connectivity index (χ0n) is 13.9. The summed E-state index contributed by atoms with van der Waals surface area (Å²) in [6, 6.07) is 14.8. The molecule has 0 aromatic heterocycles. The Morgan fingerprint density at radius 1 is 1.17 bits per heavy atom. The van der Waals surface area contributed by atoms with Gasteiger partial charge in [0.1, 0.15) is 5.75 Å². The molecule has 0 bridgehead atoms. The van der Waals surface area contributed by atoms with Crippen molar-refractivity contribution in [1.29, 1.82) is 0 Å². The van der Waals surface area contributed by atoms with Gasteiger partial charge in [-0.25, -0.2) is 0 Å². The molecule has 1 heterocycles. The second-order valence-corrected chi connectivity index (χ2v) is 6.05. The molecule has 0 radical (unpaired) electrons. The van der Waals surface area contributed by atoms with Gasteiger partial charge in [-0.3, -0.25) is 4.99 Å². The molecular weight excluding hydrogens is 284 g/mol. The predicted octanol–water partition coefficient (Wildman–Crippen LogP) is 4.95. The third-order valence-electron chi connectivity index (χ3n) is 4.46. The van der Waals surface area contributed by atoms with Crippen LogP contribution >= 0.6 is 0 Å². The molecule has 0 spiro atoms. The Balaban J connectivity index is 1.58. The van der Waals surface area contributed by atoms with E-state index in [1.807, 2.05) is 18.3 Å². The van der Waals surface area contributed by atoms with Crippen LogP contribution in [0.25, 0.3) is 0 Å². The number of nitrogens with zero attached hydrogens (tertiary/aromatic N) is 1. The molecule has 0 fully saturated rings. The summed E-state index contributed by atoms with van der Waals surface area (Å²) < 4.78 is 5.22. The van der Waals surface area contributed by atoms with E-state index in [-0.39, 0.29) is 0 Å². The van der Waals surface area contributed by atoms with E-state index in [0.717, 1.165) is 42.9 Å². The smallest absolute Gasteiger partial charge is 0.118 e. The Bertz CT molecular complexity index is 677. The second-order valence-electron chi connectivity index (χ2n) is 6.05. The van der Waals surface area contributed by atoms with Crippen molar-refractivity contribution in [3.05, 3.63) is 53.6 Å². The third-order valence-corrected chi connectivity index (χ3v) is 4.46. The van der Waals surface area contributed by atoms with E-state index in [1.165, 1.54) is 11.1 Å². The van der Waals surface area contributed by atoms with Gasteiger partial charge < -0.3 is 10.1 Å². The lowest BCUT2D eigenvalue weighted by molar-refractivity contribution is 0.414. The van der Waals surface area contributed by atoms with E-state index < -0.39 is 0 Å². The number of ether oxygens (including phenoxy) is 1. The number of anilines is 1. The van der Waals surface area contributed by atoms with Gasteiger partial charge in [-0.2, -0.15) is 0 Å². The predicted molar refractivity (Wildman–Crippen MR) is 97.4 cm³/mol. The minimum Gasteiger partial charge on any atom is -0.497 e. The minimum atomic E-state index is 0.511. The van der Waals surface area contributed by atoms with Crippen LogP contribution in [0.3, 0.4) is 0 Å². The van der Waals surface area contributed by atoms with Gasteiger partial charge in [0.2, 0.25) is 0 Å². The number of hydrogen-bond acceptors (Lipinski definition) is 3. The van der Waals surface area contributed by atoms with Crippen LogP contribution < -0.4 is 10.1 Å². The summed E-state index contributed by atoms with van der Waals surface area (Å²) in [5, 5.41) is 3.56. The molecule has 23 heavy (non-hydrogen) atoms. The molecule has 1 aliphatic heterocycles. The van der Waals surface area contributed by atoms with E-state index in [2.05, 4.69) is 47.6 Å². The van der Waals surface area contributed by atoms with Gasteiger partial charge >= 0.3 is 0 Å². The summed E-state index contributed by atoms with van der Waals surface area (Å²) >= 11 is 0. The molecule has 3 nitrogen and oxygen atoms in total. The van der Waals surface area contributed by atoms with Gasteiger partial charge in [0.15, 0.2) is 0 Å². The van der Waals surface area contributed by atoms with Gasteiger partial charge in [-0.15, -0.1) is 0 Å². The van der Waals surface area contributed by atoms with Crippen LogP contribution in [0, 0.1) is 0 Å². The maximum atomic E-state index is 5.22. The molecule has 0 saturated carbocycles. The van der Waals surface area contributed by atoms with Crippen molar-refractivity contribution in [3.8, 4) is 5.75 Å². The molecule has 1 aliphatic rings. The highest BCUT2D eigenvalue weighted by Crippen LogP contribution is 2.32. The first-order valence-corrected chi connectivity index (χ1v) is 8.30. The fraction of sp³-hybridized carbons (Fsp3) is 0.350. The monoisotopic (exact) mass is 308 g/mol. The molecule has 2 aromatic carbocycles. The molecule has 1 unspecified atom stereocenters. The molecule has 2 aromatic rings. The fourth-order valence-electron chi connectivity index (χ4n) is 2.99. The number of hydrogen-bond donors (Lipinski definition) is 1. The lowest BCUT2D eigenvalue weighted by Gasteiger charge is -2.17. The second kappa shape index (κ2) is 7.32. The molecule has 0 saturated heterocycles. The van der Waals surface area contributed by atoms with E-state index in [0.29, 0.717) is 5.92 Å². The topological polar surface area (TPSA) is 33.6 Å². The van der Waals surface area contributed by atoms with Crippen molar-refractivity contribution in [2.24, 2.45) is 4.99 Å². The Hall–Kier alpha value is -2.29. The summed E-state index contributed by atoms with van der Waals surface area (Å²) in [6.45, 7) is 3.21. The van der Waals surface area contributed by atoms with Crippen molar-refractivity contribution in [2.45, 2.75) is 32.1 Å². The van der Waals surface area contributed by atoms with Crippen molar-refractivity contribution in [1.82, 2.24) is 0 Å². The van der Waals surface area contributed by atoms with E-state index in [9.17, 15) is 0 Å². The first kappa shape index (κ1) is 15.6. The summed E-state index contributed by atoms with van der Waals surface area (Å²) in [7, 11) is 1.70. The first-order chi connectivity index (χ1) is 11.3. The Kier molecular flexibility index (Phi) is 4.96. The van der Waals surface area contributed by atoms with Crippen LogP contribution in [-0.2, 0) is 6.42 Å². The van der Waals surface area contributed by atoms with Crippen molar-refractivity contribution in [3.63, 3.8) is 0 Å². The van der Waals surface area contributed by atoms with Crippen LogP contribution in [0.5, 0.6) is 5.75 Å². The normalized spacial score (nSPS) is 14.2. The Labute approximate surface area is 138 Å². The average Bonchev–Trinajstić information content (AvgIpc) is 2.62. The van der Waals surface area contributed by atoms with E-state index in [4.69, 9.17) is 4.74 Å². The number of para-hydroxylation sites is 1. The van der Waals surface area contributed by atoms with Crippen LogP contribution in [0.1, 0.15) is 36.8 Å². The Morgan fingerprint density at radius 3 is 2.78 bits per heavy atom. The van der Waals surface area contributed by atoms with E-state index >= 15 is 0 Å². The highest BCUT2D eigenvalue weighted by atomic mass is 16.5. The molecule has 1 atom stereocenters. The SMILES string of the molecule is COc1ccc(C(C)CCNc2cccc3c2N=CCC3)cc1. The average molecular weight is 308 g/mol. The standard InChI is InChI=1S/C20H24N2O/c1-15(16-8-10-18(23-2)11-9-16)12-14-21-19-7-3-5-17-6-4-13-22-20(17)19/h3,5,7-11,13,15,21H,4,6,12,14H2,1-2H3. The number of methoxy groups -OCH3 is 1. The van der Waals surface area contributed by atoms with Gasteiger partial charge in [0, 0.05) is 12.8 Å². The van der Waals surface area contributed by atoms with Crippen molar-refractivity contribution >= 4 is 17.6 Å². The number of aryl methyl sites for hydroxylation is 1. The lowest BCUT2D eigenvalue weighted by Crippen LogP contribution is -2.07. The quantitative estimate of drug-likeness (QED) is 0.819. The van der Waals surface area contributed by atoms with Gasteiger partial charge in [0.05, 0.1) is 18.5 Å². The molecule has 1 N–H and O–H groups in total. The maximum absolute atomic E-state index is 5.22. The van der Waals surface area contributed by atoms with Gasteiger partial charge in [0.25, 0.3) is 0 Å². The number of rotatable bonds is 6. The summed E-state index contributed by atoms with van der Waals surface area (Å²) in [5.74, 6) is 1.42. The highest BCUT2D eigenvalue weighted by molar-refractivity contribution is 5.78. The lowest BCUT2D eigenvalue weighted by atomic mass is 9.97. The Morgan fingerprint density at radius 2 is 2.00 bits per heavy atom. The number of aliphatic imine (C=N–C) groups is 1. The fourth-order valence-corrected chi connectivity index (χ4v) is 2.99. The summed E-state index contributed by atoms with van der Waals surface area (Å²) in [4.78, 5) is 4.57. The van der Waals surface area contributed by atoms with Crippen LogP contribution in [0.4, 0.5) is 11.4 Å². The van der Waals surface area contributed by atoms with Gasteiger partial charge in [-0.1, -0.05) is 31.2 Å². The molecule has 3 rings (SSSR count). The molecule has 120 valence electrons. The van der Waals surface area contributed by atoms with Crippen LogP contribution in [0.2, 0.25) is 0 Å². The first-order valence-electron chi connectivity index (χ1n) is 8.30. The van der Waals surface area contributed by atoms with Gasteiger partial charge in [-0.05, 0) is 54.5 Å². The molecule has 3 heteroatoms. The zero-order valence-corrected chi connectivity index (χ0v) is 13.9. The zero-order chi connectivity index (χ0) is 16.1. The molecular formula is C20H24N2O. The van der Waals surface area contributed by atoms with Crippen LogP contribution in [0.15, 0.2) is 47.5 Å². The largest absolute Gasteiger partial charge is 0.497 e. The number of fused-ring (bicyclic) bond motifs is 1. The number of benzene rings is 2. The maximum Gasteiger partial charge on any atom is 0.118 e. The van der Waals surface area contributed by atoms with Crippen molar-refractivity contribution in [2.75, 3.05) is 19.0 Å². The van der Waals surface area contributed by atoms with Crippen LogP contribution in [-0.4, -0.2) is 19.9 Å². The van der Waals surface area contributed by atoms with Crippen molar-refractivity contribution < 1.29 is 4.74 Å². The summed E-state index contributed by atoms with van der Waals surface area (Å²) in [6.07, 6.45) is 5.24. The number of nitrogens with one attached hydrogen (secondary N) is 1. The summed E-state index contributed by atoms with van der Waals surface area (Å²) in [5.41, 5.74) is 4.97. The molecule has 0 aliphatic carbocycles. The molecule has 0 amide bonds.